The molecule has 0 saturated carbocycles. The minimum atomic E-state index is -0.445. The largest absolute Gasteiger partial charge is 0.329 e. The third kappa shape index (κ3) is 4.14. The van der Waals surface area contributed by atoms with E-state index in [2.05, 4.69) is 10.3 Å². The Morgan fingerprint density at radius 1 is 1.42 bits per heavy atom. The second-order valence-electron chi connectivity index (χ2n) is 5.65. The van der Waals surface area contributed by atoms with Gasteiger partial charge in [-0.25, -0.2) is 0 Å². The molecule has 9 heteroatoms. The van der Waals surface area contributed by atoms with E-state index in [0.717, 1.165) is 5.56 Å². The predicted molar refractivity (Wildman–Crippen MR) is 103 cm³/mol. The summed E-state index contributed by atoms with van der Waals surface area (Å²) in [7, 11) is 0. The van der Waals surface area contributed by atoms with E-state index < -0.39 is 4.92 Å². The maximum absolute atomic E-state index is 13.0. The molecule has 1 N–H and O–H groups in total. The van der Waals surface area contributed by atoms with E-state index in [1.165, 1.54) is 17.8 Å². The number of carbonyl (C=O) groups is 1. The van der Waals surface area contributed by atoms with Crippen molar-refractivity contribution in [1.82, 2.24) is 15.2 Å². The average Bonchev–Trinajstić information content (AvgIpc) is 2.67. The Labute approximate surface area is 161 Å². The van der Waals surface area contributed by atoms with Crippen molar-refractivity contribution in [3.05, 3.63) is 64.0 Å². The van der Waals surface area contributed by atoms with Crippen LogP contribution in [0.1, 0.15) is 22.0 Å². The number of benzene rings is 1. The molecule has 0 spiro atoms. The summed E-state index contributed by atoms with van der Waals surface area (Å²) in [4.78, 5) is 30.3. The summed E-state index contributed by atoms with van der Waals surface area (Å²) in [5.74, 6) is -0.203. The molecule has 7 nitrogen and oxygen atoms in total. The average molecular weight is 395 g/mol. The van der Waals surface area contributed by atoms with E-state index in [0.29, 0.717) is 30.1 Å². The number of hydrogen-bond acceptors (Lipinski definition) is 6. The van der Waals surface area contributed by atoms with Crippen LogP contribution in [-0.2, 0) is 0 Å². The van der Waals surface area contributed by atoms with Gasteiger partial charge in [0.25, 0.3) is 11.6 Å². The third-order valence-corrected chi connectivity index (χ3v) is 4.98. The maximum atomic E-state index is 13.0. The smallest absolute Gasteiger partial charge is 0.283 e. The van der Waals surface area contributed by atoms with Crippen molar-refractivity contribution in [2.75, 3.05) is 25.9 Å². The van der Waals surface area contributed by atoms with Gasteiger partial charge in [-0.15, -0.1) is 24.2 Å². The minimum Gasteiger partial charge on any atom is -0.329 e. The van der Waals surface area contributed by atoms with Crippen LogP contribution in [0.5, 0.6) is 0 Å². The molecule has 1 aliphatic rings. The Morgan fingerprint density at radius 2 is 2.23 bits per heavy atom. The van der Waals surface area contributed by atoms with E-state index in [4.69, 9.17) is 0 Å². The molecular formula is C17H19ClN4O3S. The highest BCUT2D eigenvalue weighted by molar-refractivity contribution is 7.98. The zero-order chi connectivity index (χ0) is 17.8. The van der Waals surface area contributed by atoms with Gasteiger partial charge in [-0.1, -0.05) is 6.07 Å². The van der Waals surface area contributed by atoms with Crippen molar-refractivity contribution >= 4 is 35.8 Å². The predicted octanol–water partition coefficient (Wildman–Crippen LogP) is 2.92. The van der Waals surface area contributed by atoms with Crippen LogP contribution in [0, 0.1) is 10.1 Å². The molecule has 3 rings (SSSR count). The van der Waals surface area contributed by atoms with Gasteiger partial charge in [0.1, 0.15) is 0 Å². The van der Waals surface area contributed by atoms with Gasteiger partial charge in [0, 0.05) is 43.7 Å². The number of amides is 1. The summed E-state index contributed by atoms with van der Waals surface area (Å²) in [6, 6.07) is 8.29. The van der Waals surface area contributed by atoms with Crippen molar-refractivity contribution in [2.45, 2.75) is 10.9 Å². The van der Waals surface area contributed by atoms with Crippen LogP contribution in [0.25, 0.3) is 0 Å². The summed E-state index contributed by atoms with van der Waals surface area (Å²) in [5.41, 5.74) is 1.24. The first-order valence-electron chi connectivity index (χ1n) is 7.86. The molecule has 1 amide bonds. The molecule has 0 radical (unpaired) electrons. The molecule has 1 atom stereocenters. The normalized spacial score (nSPS) is 16.7. The molecule has 1 saturated heterocycles. The van der Waals surface area contributed by atoms with E-state index in [-0.39, 0.29) is 30.0 Å². The number of rotatable bonds is 4. The summed E-state index contributed by atoms with van der Waals surface area (Å²) < 4.78 is 0. The highest BCUT2D eigenvalue weighted by atomic mass is 35.5. The Kier molecular flexibility index (Phi) is 6.96. The van der Waals surface area contributed by atoms with Gasteiger partial charge in [-0.2, -0.15) is 0 Å². The Balaban J connectivity index is 0.00000243. The third-order valence-electron chi connectivity index (χ3n) is 4.20. The molecule has 2 heterocycles. The first-order chi connectivity index (χ1) is 12.1. The van der Waals surface area contributed by atoms with Crippen LogP contribution in [0.4, 0.5) is 5.69 Å². The Bertz CT molecular complexity index is 791. The van der Waals surface area contributed by atoms with Gasteiger partial charge in [0.2, 0.25) is 0 Å². The summed E-state index contributed by atoms with van der Waals surface area (Å²) in [6.07, 6.45) is 5.21. The number of piperazine rings is 1. The van der Waals surface area contributed by atoms with Gasteiger partial charge in [0.15, 0.2) is 0 Å². The number of halogens is 1. The molecule has 26 heavy (non-hydrogen) atoms. The number of thioether (sulfide) groups is 1. The number of pyridine rings is 1. The first kappa shape index (κ1) is 20.2. The topological polar surface area (TPSA) is 88.4 Å². The van der Waals surface area contributed by atoms with Crippen molar-refractivity contribution in [3.63, 3.8) is 0 Å². The van der Waals surface area contributed by atoms with Crippen molar-refractivity contribution in [2.24, 2.45) is 0 Å². The number of nitro benzene ring substituents is 1. The first-order valence-corrected chi connectivity index (χ1v) is 9.08. The lowest BCUT2D eigenvalue weighted by Crippen LogP contribution is -2.48. The molecule has 1 aromatic heterocycles. The SMILES string of the molecule is CSc1ccc(C(=O)N2CCNCC2c2cccnc2)cc1[N+](=O)[O-].Cl. The molecule has 0 aliphatic carbocycles. The zero-order valence-corrected chi connectivity index (χ0v) is 15.8. The number of nitrogens with one attached hydrogen (secondary N) is 1. The van der Waals surface area contributed by atoms with Crippen LogP contribution < -0.4 is 5.32 Å². The lowest BCUT2D eigenvalue weighted by atomic mass is 10.0. The van der Waals surface area contributed by atoms with Gasteiger partial charge < -0.3 is 10.2 Å². The zero-order valence-electron chi connectivity index (χ0n) is 14.1. The van der Waals surface area contributed by atoms with Gasteiger partial charge in [-0.05, 0) is 30.0 Å². The number of nitrogens with zero attached hydrogens (tertiary/aromatic N) is 3. The van der Waals surface area contributed by atoms with E-state index in [1.807, 2.05) is 12.1 Å². The van der Waals surface area contributed by atoms with E-state index >= 15 is 0 Å². The van der Waals surface area contributed by atoms with Crippen LogP contribution in [0.2, 0.25) is 0 Å². The molecule has 2 aromatic rings. The van der Waals surface area contributed by atoms with Crippen molar-refractivity contribution in [1.29, 1.82) is 0 Å². The van der Waals surface area contributed by atoms with Crippen LogP contribution in [0.15, 0.2) is 47.6 Å². The van der Waals surface area contributed by atoms with Crippen LogP contribution in [0.3, 0.4) is 0 Å². The van der Waals surface area contributed by atoms with Crippen LogP contribution in [-0.4, -0.2) is 46.6 Å². The lowest BCUT2D eigenvalue weighted by Gasteiger charge is -2.36. The number of aromatic nitrogens is 1. The fourth-order valence-electron chi connectivity index (χ4n) is 2.95. The number of hydrogen-bond donors (Lipinski definition) is 1. The monoisotopic (exact) mass is 394 g/mol. The highest BCUT2D eigenvalue weighted by Crippen LogP contribution is 2.30. The maximum Gasteiger partial charge on any atom is 0.283 e. The minimum absolute atomic E-state index is 0. The molecule has 0 bridgehead atoms. The van der Waals surface area contributed by atoms with Crippen molar-refractivity contribution < 1.29 is 9.72 Å². The summed E-state index contributed by atoms with van der Waals surface area (Å²) in [5, 5.41) is 14.6. The molecule has 1 aliphatic heterocycles. The Hall–Kier alpha value is -2.16. The second-order valence-corrected chi connectivity index (χ2v) is 6.50. The molecule has 1 fully saturated rings. The quantitative estimate of drug-likeness (QED) is 0.487. The van der Waals surface area contributed by atoms with Crippen LogP contribution >= 0.6 is 24.2 Å². The summed E-state index contributed by atoms with van der Waals surface area (Å²) >= 11 is 1.29. The standard InChI is InChI=1S/C17H18N4O3S.ClH/c1-25-16-5-4-12(9-14(16)21(23)24)17(22)20-8-7-19-11-15(20)13-3-2-6-18-10-13;/h2-6,9-10,15,19H,7-8,11H2,1H3;1H. The van der Waals surface area contributed by atoms with Crippen molar-refractivity contribution in [3.8, 4) is 0 Å². The number of nitro groups is 1. The van der Waals surface area contributed by atoms with Gasteiger partial charge in [-0.3, -0.25) is 19.9 Å². The fourth-order valence-corrected chi connectivity index (χ4v) is 3.50. The molecule has 1 unspecified atom stereocenters. The fraction of sp³-hybridized carbons (Fsp3) is 0.294. The molecule has 1 aromatic carbocycles. The molecular weight excluding hydrogens is 376 g/mol. The second kappa shape index (κ2) is 8.98. The highest BCUT2D eigenvalue weighted by Gasteiger charge is 2.29. The van der Waals surface area contributed by atoms with E-state index in [1.54, 1.807) is 35.7 Å². The summed E-state index contributed by atoms with van der Waals surface area (Å²) in [6.45, 7) is 1.85. The van der Waals surface area contributed by atoms with E-state index in [9.17, 15) is 14.9 Å². The van der Waals surface area contributed by atoms with Gasteiger partial charge in [0.05, 0.1) is 15.9 Å². The Morgan fingerprint density at radius 3 is 2.88 bits per heavy atom. The number of carbonyl (C=O) groups excluding carboxylic acids is 1. The lowest BCUT2D eigenvalue weighted by molar-refractivity contribution is -0.387. The van der Waals surface area contributed by atoms with Gasteiger partial charge >= 0.3 is 0 Å². The molecule has 138 valence electrons.